The molecule has 1 aromatic rings. The van der Waals surface area contributed by atoms with Crippen LogP contribution in [0.3, 0.4) is 0 Å². The summed E-state index contributed by atoms with van der Waals surface area (Å²) in [6, 6.07) is 2.04. The van der Waals surface area contributed by atoms with Crippen LogP contribution in [0.4, 0.5) is 0 Å². The minimum absolute atomic E-state index is 0.566. The number of ether oxygens (including phenoxy) is 1. The molecule has 0 aliphatic heterocycles. The van der Waals surface area contributed by atoms with Crippen molar-refractivity contribution in [3.05, 3.63) is 28.3 Å². The Morgan fingerprint density at radius 3 is 2.44 bits per heavy atom. The molecular formula is C16H22O2. The Labute approximate surface area is 110 Å². The maximum Gasteiger partial charge on any atom is 0.122 e. The van der Waals surface area contributed by atoms with Gasteiger partial charge in [0, 0.05) is 0 Å². The second kappa shape index (κ2) is 5.46. The third kappa shape index (κ3) is 3.05. The van der Waals surface area contributed by atoms with Gasteiger partial charge >= 0.3 is 0 Å². The number of aliphatic hydroxyl groups is 1. The Hall–Kier alpha value is -1.46. The number of benzene rings is 1. The molecule has 0 spiro atoms. The Kier molecular flexibility index (Phi) is 4.43. The average Bonchev–Trinajstić information content (AvgIpc) is 2.33. The molecule has 0 amide bonds. The van der Waals surface area contributed by atoms with Gasteiger partial charge in [0.15, 0.2) is 0 Å². The summed E-state index contributed by atoms with van der Waals surface area (Å²) in [5, 5.41) is 9.88. The third-order valence-corrected chi connectivity index (χ3v) is 3.60. The van der Waals surface area contributed by atoms with Crippen LogP contribution in [0.1, 0.15) is 35.6 Å². The van der Waals surface area contributed by atoms with Crippen LogP contribution < -0.4 is 4.74 Å². The fraction of sp³-hybridized carbons (Fsp3) is 0.500. The van der Waals surface area contributed by atoms with Crippen LogP contribution in [0.5, 0.6) is 5.75 Å². The van der Waals surface area contributed by atoms with Crippen LogP contribution in [0.25, 0.3) is 0 Å². The highest BCUT2D eigenvalue weighted by atomic mass is 16.5. The summed E-state index contributed by atoms with van der Waals surface area (Å²) >= 11 is 0. The lowest BCUT2D eigenvalue weighted by Gasteiger charge is -2.20. The second-order valence-electron chi connectivity index (χ2n) is 5.04. The van der Waals surface area contributed by atoms with Crippen molar-refractivity contribution in [2.24, 2.45) is 0 Å². The lowest BCUT2D eigenvalue weighted by molar-refractivity contribution is 0.113. The van der Waals surface area contributed by atoms with Gasteiger partial charge in [-0.15, -0.1) is 6.42 Å². The first-order chi connectivity index (χ1) is 8.32. The Morgan fingerprint density at radius 2 is 1.94 bits per heavy atom. The van der Waals surface area contributed by atoms with E-state index >= 15 is 0 Å². The summed E-state index contributed by atoms with van der Waals surface area (Å²) in [4.78, 5) is 0. The normalized spacial score (nSPS) is 13.8. The number of methoxy groups -OCH3 is 1. The van der Waals surface area contributed by atoms with Crippen LogP contribution in [-0.2, 0) is 6.42 Å². The second-order valence-corrected chi connectivity index (χ2v) is 5.04. The van der Waals surface area contributed by atoms with Crippen molar-refractivity contribution in [1.29, 1.82) is 0 Å². The predicted octanol–water partition coefficient (Wildman–Crippen LogP) is 2.94. The molecule has 18 heavy (non-hydrogen) atoms. The molecule has 0 aromatic heterocycles. The van der Waals surface area contributed by atoms with Gasteiger partial charge in [-0.3, -0.25) is 0 Å². The fourth-order valence-electron chi connectivity index (χ4n) is 2.14. The Bertz CT molecular complexity index is 479. The highest BCUT2D eigenvalue weighted by Crippen LogP contribution is 2.29. The zero-order chi connectivity index (χ0) is 13.9. The third-order valence-electron chi connectivity index (χ3n) is 3.60. The molecule has 0 heterocycles. The molecule has 0 radical (unpaired) electrons. The molecule has 1 aromatic carbocycles. The van der Waals surface area contributed by atoms with Gasteiger partial charge in [-0.05, 0) is 68.9 Å². The number of hydrogen-bond acceptors (Lipinski definition) is 2. The van der Waals surface area contributed by atoms with E-state index in [-0.39, 0.29) is 0 Å². The van der Waals surface area contributed by atoms with E-state index in [2.05, 4.69) is 26.7 Å². The summed E-state index contributed by atoms with van der Waals surface area (Å²) in [5.41, 5.74) is 3.77. The maximum absolute atomic E-state index is 9.88. The molecule has 0 aliphatic rings. The van der Waals surface area contributed by atoms with E-state index in [0.29, 0.717) is 6.42 Å². The summed E-state index contributed by atoms with van der Waals surface area (Å²) in [5.74, 6) is 3.33. The van der Waals surface area contributed by atoms with E-state index in [1.807, 2.05) is 6.07 Å². The van der Waals surface area contributed by atoms with E-state index < -0.39 is 5.60 Å². The van der Waals surface area contributed by atoms with Gasteiger partial charge in [0.05, 0.1) is 7.11 Å². The van der Waals surface area contributed by atoms with E-state index in [4.69, 9.17) is 11.2 Å². The highest BCUT2D eigenvalue weighted by molar-refractivity contribution is 5.48. The average molecular weight is 246 g/mol. The van der Waals surface area contributed by atoms with E-state index in [1.54, 1.807) is 14.0 Å². The van der Waals surface area contributed by atoms with E-state index in [0.717, 1.165) is 17.7 Å². The predicted molar refractivity (Wildman–Crippen MR) is 75.0 cm³/mol. The van der Waals surface area contributed by atoms with Gasteiger partial charge in [-0.1, -0.05) is 5.92 Å². The topological polar surface area (TPSA) is 29.5 Å². The molecule has 2 nitrogen and oxygen atoms in total. The largest absolute Gasteiger partial charge is 0.496 e. The van der Waals surface area contributed by atoms with Crippen LogP contribution in [0.2, 0.25) is 0 Å². The van der Waals surface area contributed by atoms with E-state index in [1.165, 1.54) is 16.7 Å². The SMILES string of the molecule is C#C[C@](C)(O)CCc1c(C)cc(OC)c(C)c1C. The van der Waals surface area contributed by atoms with Gasteiger partial charge < -0.3 is 9.84 Å². The molecule has 0 unspecified atom stereocenters. The molecule has 0 saturated heterocycles. The lowest BCUT2D eigenvalue weighted by atomic mass is 9.90. The van der Waals surface area contributed by atoms with Crippen molar-refractivity contribution < 1.29 is 9.84 Å². The van der Waals surface area contributed by atoms with Crippen LogP contribution in [0.15, 0.2) is 6.07 Å². The van der Waals surface area contributed by atoms with Crippen LogP contribution in [0, 0.1) is 33.1 Å². The first-order valence-electron chi connectivity index (χ1n) is 6.16. The van der Waals surface area contributed by atoms with Crippen molar-refractivity contribution in [1.82, 2.24) is 0 Å². The standard InChI is InChI=1S/C16H22O2/c1-7-16(5,17)9-8-14-11(2)10-15(18-6)13(4)12(14)3/h1,10,17H,8-9H2,2-6H3/t16-/m0/s1. The quantitative estimate of drug-likeness (QED) is 0.828. The first-order valence-corrected chi connectivity index (χ1v) is 6.16. The minimum atomic E-state index is -1.04. The summed E-state index contributed by atoms with van der Waals surface area (Å²) in [6.45, 7) is 7.88. The van der Waals surface area contributed by atoms with Crippen LogP contribution in [-0.4, -0.2) is 17.8 Å². The monoisotopic (exact) mass is 246 g/mol. The van der Waals surface area contributed by atoms with Gasteiger partial charge in [0.25, 0.3) is 0 Å². The zero-order valence-electron chi connectivity index (χ0n) is 11.9. The van der Waals surface area contributed by atoms with Crippen molar-refractivity contribution in [2.45, 2.75) is 46.1 Å². The molecular weight excluding hydrogens is 224 g/mol. The first kappa shape index (κ1) is 14.6. The number of rotatable bonds is 4. The summed E-state index contributed by atoms with van der Waals surface area (Å²) < 4.78 is 5.35. The van der Waals surface area contributed by atoms with Crippen molar-refractivity contribution in [3.63, 3.8) is 0 Å². The fourth-order valence-corrected chi connectivity index (χ4v) is 2.14. The zero-order valence-corrected chi connectivity index (χ0v) is 11.9. The molecule has 0 saturated carbocycles. The van der Waals surface area contributed by atoms with E-state index in [9.17, 15) is 5.11 Å². The molecule has 0 aliphatic carbocycles. The number of terminal acetylenes is 1. The van der Waals surface area contributed by atoms with Gasteiger partial charge in [-0.25, -0.2) is 0 Å². The van der Waals surface area contributed by atoms with Crippen molar-refractivity contribution in [3.8, 4) is 18.1 Å². The van der Waals surface area contributed by atoms with Gasteiger partial charge in [0.2, 0.25) is 0 Å². The highest BCUT2D eigenvalue weighted by Gasteiger charge is 2.18. The van der Waals surface area contributed by atoms with Gasteiger partial charge in [0.1, 0.15) is 11.4 Å². The maximum atomic E-state index is 9.88. The Balaban J connectivity index is 3.05. The molecule has 98 valence electrons. The summed E-state index contributed by atoms with van der Waals surface area (Å²) in [6.07, 6.45) is 6.65. The van der Waals surface area contributed by atoms with Crippen LogP contribution >= 0.6 is 0 Å². The summed E-state index contributed by atoms with van der Waals surface area (Å²) in [7, 11) is 1.68. The molecule has 0 fully saturated rings. The lowest BCUT2D eigenvalue weighted by Crippen LogP contribution is -2.22. The molecule has 1 N–H and O–H groups in total. The smallest absolute Gasteiger partial charge is 0.122 e. The van der Waals surface area contributed by atoms with Crippen molar-refractivity contribution in [2.75, 3.05) is 7.11 Å². The molecule has 1 rings (SSSR count). The molecule has 1 atom stereocenters. The Morgan fingerprint density at radius 1 is 1.33 bits per heavy atom. The molecule has 0 bridgehead atoms. The van der Waals surface area contributed by atoms with Gasteiger partial charge in [-0.2, -0.15) is 0 Å². The molecule has 2 heteroatoms. The number of hydrogen-bond donors (Lipinski definition) is 1. The number of aryl methyl sites for hydroxylation is 1. The minimum Gasteiger partial charge on any atom is -0.496 e. The van der Waals surface area contributed by atoms with Crippen molar-refractivity contribution >= 4 is 0 Å².